The number of nitrogens with one attached hydrogen (secondary N) is 1. The van der Waals surface area contributed by atoms with Crippen LogP contribution in [0.3, 0.4) is 0 Å². The number of benzene rings is 3. The van der Waals surface area contributed by atoms with Gasteiger partial charge >= 0.3 is 12.1 Å². The maximum Gasteiger partial charge on any atom is 0.453 e. The first-order valence-electron chi connectivity index (χ1n) is 19.7. The van der Waals surface area contributed by atoms with Gasteiger partial charge in [-0.15, -0.1) is 0 Å². The molecule has 0 radical (unpaired) electrons. The molecule has 0 unspecified atom stereocenters. The molecule has 0 aromatic heterocycles. The van der Waals surface area contributed by atoms with Gasteiger partial charge in [-0.1, -0.05) is 116 Å². The van der Waals surface area contributed by atoms with E-state index in [0.29, 0.717) is 29.0 Å². The Morgan fingerprint density at radius 2 is 1.19 bits per heavy atom. The minimum Gasteiger partial charge on any atom is -0.543 e. The van der Waals surface area contributed by atoms with Crippen LogP contribution in [0.4, 0.5) is 22.0 Å². The van der Waals surface area contributed by atoms with Crippen molar-refractivity contribution in [2.75, 3.05) is 31.2 Å². The van der Waals surface area contributed by atoms with Crippen molar-refractivity contribution in [2.45, 2.75) is 122 Å². The van der Waals surface area contributed by atoms with Crippen LogP contribution >= 0.6 is 11.8 Å². The van der Waals surface area contributed by atoms with Gasteiger partial charge in [0.25, 0.3) is 8.32 Å². The summed E-state index contributed by atoms with van der Waals surface area (Å²) in [6, 6.07) is 27.7. The van der Waals surface area contributed by atoms with Crippen molar-refractivity contribution in [2.24, 2.45) is 0 Å². The van der Waals surface area contributed by atoms with Gasteiger partial charge in [-0.05, 0) is 112 Å². The minimum atomic E-state index is -5.46. The Bertz CT molecular complexity index is 1510. The second-order valence-corrected chi connectivity index (χ2v) is 21.6. The maximum absolute atomic E-state index is 13.0. The fourth-order valence-corrected chi connectivity index (χ4v) is 13.7. The summed E-state index contributed by atoms with van der Waals surface area (Å²) in [5.74, 6) is -1.73. The second kappa shape index (κ2) is 22.1. The van der Waals surface area contributed by atoms with E-state index in [1.54, 1.807) is 0 Å². The molecule has 0 saturated heterocycles. The van der Waals surface area contributed by atoms with Crippen LogP contribution in [0.1, 0.15) is 110 Å². The van der Waals surface area contributed by atoms with Crippen LogP contribution in [0.25, 0.3) is 11.1 Å². The summed E-state index contributed by atoms with van der Waals surface area (Å²) >= 11 is 1.44. The molecule has 1 N–H and O–H groups in total. The number of hydrogen-bond donors (Lipinski definition) is 1. The highest BCUT2D eigenvalue weighted by molar-refractivity contribution is 7.99. The molecule has 300 valence electrons. The van der Waals surface area contributed by atoms with Gasteiger partial charge < -0.3 is 14.5 Å². The number of halogens is 5. The monoisotopic (exact) mass is 791 g/mol. The van der Waals surface area contributed by atoms with Crippen LogP contribution in [-0.2, 0) is 0 Å². The SMILES string of the molecule is CCC(=C(c1ccc(OCCNCCCCCCSCCCC(F)(F)C(F)(F)F)cc1)c1ccc(O[Si](C(C)C)(C(C)C)C(C)C)cc1)c1ccccc1. The third kappa shape index (κ3) is 13.1. The van der Waals surface area contributed by atoms with E-state index in [9.17, 15) is 22.0 Å². The number of alkyl halides is 5. The average molecular weight is 792 g/mol. The summed E-state index contributed by atoms with van der Waals surface area (Å²) in [5, 5.41) is 3.42. The Balaban J connectivity index is 1.52. The maximum atomic E-state index is 13.0. The number of allylic oxidation sites excluding steroid dienone is 1. The van der Waals surface area contributed by atoms with E-state index >= 15 is 0 Å². The molecule has 0 atom stereocenters. The van der Waals surface area contributed by atoms with E-state index in [2.05, 4.69) is 121 Å². The molecule has 0 aliphatic carbocycles. The van der Waals surface area contributed by atoms with E-state index in [1.165, 1.54) is 28.5 Å². The van der Waals surface area contributed by atoms with Crippen molar-refractivity contribution in [1.82, 2.24) is 5.32 Å². The highest BCUT2D eigenvalue weighted by atomic mass is 32.2. The fourth-order valence-electron chi connectivity index (χ4n) is 7.46. The summed E-state index contributed by atoms with van der Waals surface area (Å²) in [6.07, 6.45) is -1.88. The van der Waals surface area contributed by atoms with Gasteiger partial charge in [0, 0.05) is 13.0 Å². The van der Waals surface area contributed by atoms with Gasteiger partial charge in [-0.2, -0.15) is 33.7 Å². The van der Waals surface area contributed by atoms with Gasteiger partial charge in [-0.3, -0.25) is 0 Å². The van der Waals surface area contributed by atoms with Crippen LogP contribution in [-0.4, -0.2) is 51.6 Å². The molecule has 0 fully saturated rings. The van der Waals surface area contributed by atoms with Crippen LogP contribution in [0.2, 0.25) is 16.6 Å². The van der Waals surface area contributed by atoms with E-state index in [4.69, 9.17) is 9.16 Å². The summed E-state index contributed by atoms with van der Waals surface area (Å²) in [7, 11) is -2.07. The van der Waals surface area contributed by atoms with Crippen LogP contribution in [0.5, 0.6) is 11.5 Å². The lowest BCUT2D eigenvalue weighted by molar-refractivity contribution is -0.284. The lowest BCUT2D eigenvalue weighted by Crippen LogP contribution is -2.50. The Labute approximate surface area is 327 Å². The zero-order chi connectivity index (χ0) is 39.8. The van der Waals surface area contributed by atoms with E-state index < -0.39 is 26.8 Å². The largest absolute Gasteiger partial charge is 0.543 e. The number of ether oxygens (including phenoxy) is 1. The number of rotatable bonds is 24. The highest BCUT2D eigenvalue weighted by Gasteiger charge is 2.56. The van der Waals surface area contributed by atoms with Crippen molar-refractivity contribution in [1.29, 1.82) is 0 Å². The highest BCUT2D eigenvalue weighted by Crippen LogP contribution is 2.44. The van der Waals surface area contributed by atoms with Crippen molar-refractivity contribution in [3.63, 3.8) is 0 Å². The molecule has 0 aliphatic rings. The van der Waals surface area contributed by atoms with Crippen molar-refractivity contribution >= 4 is 31.2 Å². The molecule has 0 aliphatic heterocycles. The first-order chi connectivity index (χ1) is 25.6. The molecule has 3 aromatic carbocycles. The van der Waals surface area contributed by atoms with Crippen LogP contribution in [0.15, 0.2) is 78.9 Å². The first-order valence-corrected chi connectivity index (χ1v) is 23.0. The van der Waals surface area contributed by atoms with Gasteiger partial charge in [0.05, 0.1) is 0 Å². The van der Waals surface area contributed by atoms with Crippen molar-refractivity contribution in [3.05, 3.63) is 95.6 Å². The average Bonchev–Trinajstić information content (AvgIpc) is 3.13. The third-order valence-electron chi connectivity index (χ3n) is 10.2. The fraction of sp³-hybridized carbons (Fsp3) is 0.545. The number of unbranched alkanes of at least 4 members (excludes halogenated alkanes) is 3. The molecule has 54 heavy (non-hydrogen) atoms. The number of hydrogen-bond acceptors (Lipinski definition) is 4. The molecule has 3 aromatic rings. The lowest BCUT2D eigenvalue weighted by atomic mass is 9.88. The molecule has 0 spiro atoms. The first kappa shape index (κ1) is 45.6. The van der Waals surface area contributed by atoms with Crippen LogP contribution < -0.4 is 14.5 Å². The molecular formula is C44H62F5NO2SSi. The zero-order valence-electron chi connectivity index (χ0n) is 33.3. The summed E-state index contributed by atoms with van der Waals surface area (Å²) < 4.78 is 75.7. The minimum absolute atomic E-state index is 0.137. The van der Waals surface area contributed by atoms with Gasteiger partial charge in [0.1, 0.15) is 18.1 Å². The predicted octanol–water partition coefficient (Wildman–Crippen LogP) is 13.8. The molecule has 0 heterocycles. The zero-order valence-corrected chi connectivity index (χ0v) is 35.2. The Kier molecular flexibility index (Phi) is 18.6. The van der Waals surface area contributed by atoms with E-state index in [-0.39, 0.29) is 6.42 Å². The molecular weight excluding hydrogens is 730 g/mol. The summed E-state index contributed by atoms with van der Waals surface area (Å²) in [5.41, 5.74) is 7.46. The van der Waals surface area contributed by atoms with Gasteiger partial charge in [0.15, 0.2) is 0 Å². The predicted molar refractivity (Wildman–Crippen MR) is 222 cm³/mol. The smallest absolute Gasteiger partial charge is 0.453 e. The standard InChI is InChI=1S/C44H62F5NO2SSi/c1-8-41(36-17-12-11-13-18-36)42(38-21-25-40(26-22-38)52-54(33(2)3,34(4)5)35(6)7)37-19-23-39(24-20-37)51-30-29-50-28-14-9-10-15-31-53-32-16-27-43(45,46)44(47,48)49/h11-13,17-26,33-35,50H,8-10,14-16,27-32H2,1-7H3. The lowest BCUT2D eigenvalue weighted by Gasteiger charge is -2.42. The second-order valence-electron chi connectivity index (χ2n) is 15.0. The molecule has 3 nitrogen and oxygen atoms in total. The van der Waals surface area contributed by atoms with Crippen molar-refractivity contribution in [3.8, 4) is 11.5 Å². The third-order valence-corrected chi connectivity index (χ3v) is 17.4. The normalized spacial score (nSPS) is 13.2. The topological polar surface area (TPSA) is 30.5 Å². The molecule has 0 amide bonds. The Morgan fingerprint density at radius 1 is 0.648 bits per heavy atom. The molecule has 0 saturated carbocycles. The van der Waals surface area contributed by atoms with Crippen molar-refractivity contribution < 1.29 is 31.1 Å². The molecule has 0 bridgehead atoms. The molecule has 10 heteroatoms. The van der Waals surface area contributed by atoms with Gasteiger partial charge in [0.2, 0.25) is 0 Å². The number of thioether (sulfide) groups is 1. The summed E-state index contributed by atoms with van der Waals surface area (Å²) in [6.45, 7) is 18.2. The van der Waals surface area contributed by atoms with Gasteiger partial charge in [-0.25, -0.2) is 0 Å². The van der Waals surface area contributed by atoms with Crippen LogP contribution in [0, 0.1) is 0 Å². The Morgan fingerprint density at radius 3 is 1.72 bits per heavy atom. The van der Waals surface area contributed by atoms with E-state index in [1.807, 2.05) is 12.1 Å². The van der Waals surface area contributed by atoms with E-state index in [0.717, 1.165) is 73.6 Å². The summed E-state index contributed by atoms with van der Waals surface area (Å²) in [4.78, 5) is 0. The quantitative estimate of drug-likeness (QED) is 0.0424. The molecule has 3 rings (SSSR count). The Hall–Kier alpha value is -2.82.